The zero-order chi connectivity index (χ0) is 15.3. The molecule has 0 fully saturated rings. The maximum absolute atomic E-state index is 12.1. The topological polar surface area (TPSA) is 76.1 Å². The van der Waals surface area contributed by atoms with E-state index in [0.717, 1.165) is 5.56 Å². The van der Waals surface area contributed by atoms with Gasteiger partial charge in [0.25, 0.3) is 10.0 Å². The Morgan fingerprint density at radius 2 is 1.90 bits per heavy atom. The van der Waals surface area contributed by atoms with E-state index in [-0.39, 0.29) is 10.7 Å². The van der Waals surface area contributed by atoms with E-state index in [1.165, 1.54) is 31.5 Å². The number of rotatable bonds is 5. The van der Waals surface area contributed by atoms with Crippen molar-refractivity contribution in [1.29, 1.82) is 0 Å². The Morgan fingerprint density at radius 1 is 1.19 bits per heavy atom. The van der Waals surface area contributed by atoms with Gasteiger partial charge in [-0.3, -0.25) is 14.5 Å². The molecule has 0 unspecified atom stereocenters. The van der Waals surface area contributed by atoms with Crippen LogP contribution in [-0.2, 0) is 14.8 Å². The number of carbonyl (C=O) groups excluding carboxylic acids is 1. The molecule has 2 aromatic rings. The fourth-order valence-electron chi connectivity index (χ4n) is 1.60. The number of pyridine rings is 1. The van der Waals surface area contributed by atoms with E-state index in [2.05, 4.69) is 9.71 Å². The molecular formula is C15H14N2O3S. The van der Waals surface area contributed by atoms with Crippen LogP contribution in [0.15, 0.2) is 59.8 Å². The van der Waals surface area contributed by atoms with Gasteiger partial charge in [-0.15, -0.1) is 0 Å². The van der Waals surface area contributed by atoms with Crippen LogP contribution in [0.3, 0.4) is 0 Å². The summed E-state index contributed by atoms with van der Waals surface area (Å²) in [6, 6.07) is 9.74. The Hall–Kier alpha value is -2.47. The van der Waals surface area contributed by atoms with E-state index >= 15 is 0 Å². The molecular weight excluding hydrogens is 288 g/mol. The quantitative estimate of drug-likeness (QED) is 0.861. The SMILES string of the molecule is CC(=O)/C=C/c1ccc(NS(=O)(=O)c2cccnc2)cc1. The van der Waals surface area contributed by atoms with Crippen molar-refractivity contribution >= 4 is 27.6 Å². The van der Waals surface area contributed by atoms with E-state index in [0.29, 0.717) is 5.69 Å². The molecule has 0 radical (unpaired) electrons. The number of anilines is 1. The molecule has 0 atom stereocenters. The second-order valence-electron chi connectivity index (χ2n) is 4.36. The highest BCUT2D eigenvalue weighted by Gasteiger charge is 2.13. The van der Waals surface area contributed by atoms with Crippen LogP contribution in [0.2, 0.25) is 0 Å². The van der Waals surface area contributed by atoms with Crippen molar-refractivity contribution in [2.45, 2.75) is 11.8 Å². The van der Waals surface area contributed by atoms with Crippen LogP contribution in [0.25, 0.3) is 6.08 Å². The van der Waals surface area contributed by atoms with Crippen molar-refractivity contribution in [3.8, 4) is 0 Å². The summed E-state index contributed by atoms with van der Waals surface area (Å²) in [5.41, 5.74) is 1.26. The van der Waals surface area contributed by atoms with Crippen LogP contribution in [0.5, 0.6) is 0 Å². The Balaban J connectivity index is 2.15. The van der Waals surface area contributed by atoms with Crippen molar-refractivity contribution in [1.82, 2.24) is 4.98 Å². The molecule has 0 aliphatic carbocycles. The van der Waals surface area contributed by atoms with Crippen LogP contribution >= 0.6 is 0 Å². The first-order valence-corrected chi connectivity index (χ1v) is 7.67. The molecule has 2 rings (SSSR count). The number of ketones is 1. The van der Waals surface area contributed by atoms with Gasteiger partial charge in [0.15, 0.2) is 5.78 Å². The zero-order valence-electron chi connectivity index (χ0n) is 11.4. The molecule has 1 heterocycles. The van der Waals surface area contributed by atoms with Crippen molar-refractivity contribution in [2.24, 2.45) is 0 Å². The largest absolute Gasteiger partial charge is 0.295 e. The lowest BCUT2D eigenvalue weighted by Crippen LogP contribution is -2.12. The third-order valence-electron chi connectivity index (χ3n) is 2.62. The number of benzene rings is 1. The van der Waals surface area contributed by atoms with Gasteiger partial charge in [-0.05, 0) is 42.8 Å². The molecule has 5 nitrogen and oxygen atoms in total. The minimum Gasteiger partial charge on any atom is -0.295 e. The van der Waals surface area contributed by atoms with Crippen LogP contribution < -0.4 is 4.72 Å². The molecule has 0 saturated carbocycles. The number of aromatic nitrogens is 1. The highest BCUT2D eigenvalue weighted by molar-refractivity contribution is 7.92. The molecule has 0 bridgehead atoms. The smallest absolute Gasteiger partial charge is 0.263 e. The molecule has 1 aromatic heterocycles. The molecule has 0 saturated heterocycles. The summed E-state index contributed by atoms with van der Waals surface area (Å²) >= 11 is 0. The van der Waals surface area contributed by atoms with Crippen LogP contribution in [-0.4, -0.2) is 19.2 Å². The van der Waals surface area contributed by atoms with Gasteiger partial charge in [0.1, 0.15) is 4.90 Å². The van der Waals surface area contributed by atoms with E-state index in [4.69, 9.17) is 0 Å². The fraction of sp³-hybridized carbons (Fsp3) is 0.0667. The van der Waals surface area contributed by atoms with Gasteiger partial charge in [0.05, 0.1) is 0 Å². The molecule has 1 N–H and O–H groups in total. The monoisotopic (exact) mass is 302 g/mol. The Kier molecular flexibility index (Phi) is 4.49. The number of nitrogens with zero attached hydrogens (tertiary/aromatic N) is 1. The summed E-state index contributed by atoms with van der Waals surface area (Å²) < 4.78 is 26.7. The van der Waals surface area contributed by atoms with Crippen molar-refractivity contribution in [2.75, 3.05) is 4.72 Å². The van der Waals surface area contributed by atoms with E-state index in [9.17, 15) is 13.2 Å². The molecule has 0 aliphatic heterocycles. The van der Waals surface area contributed by atoms with Crippen molar-refractivity contribution in [3.05, 3.63) is 60.4 Å². The minimum atomic E-state index is -3.64. The number of hydrogen-bond acceptors (Lipinski definition) is 4. The second-order valence-corrected chi connectivity index (χ2v) is 6.04. The number of hydrogen-bond donors (Lipinski definition) is 1. The van der Waals surface area contributed by atoms with E-state index in [1.807, 2.05) is 0 Å². The van der Waals surface area contributed by atoms with Gasteiger partial charge in [-0.2, -0.15) is 0 Å². The molecule has 0 spiro atoms. The standard InChI is InChI=1S/C15H14N2O3S/c1-12(18)4-5-13-6-8-14(9-7-13)17-21(19,20)15-3-2-10-16-11-15/h2-11,17H,1H3/b5-4+. The lowest BCUT2D eigenvalue weighted by molar-refractivity contribution is -0.112. The second kappa shape index (κ2) is 6.32. The lowest BCUT2D eigenvalue weighted by Gasteiger charge is -2.07. The van der Waals surface area contributed by atoms with E-state index < -0.39 is 10.0 Å². The maximum Gasteiger partial charge on any atom is 0.263 e. The van der Waals surface area contributed by atoms with Gasteiger partial charge < -0.3 is 0 Å². The average Bonchev–Trinajstić information content (AvgIpc) is 2.47. The normalized spacial score (nSPS) is 11.5. The summed E-state index contributed by atoms with van der Waals surface area (Å²) in [6.45, 7) is 1.47. The number of sulfonamides is 1. The number of carbonyl (C=O) groups is 1. The average molecular weight is 302 g/mol. The summed E-state index contributed by atoms with van der Waals surface area (Å²) in [6.07, 6.45) is 5.91. The molecule has 1 aromatic carbocycles. The summed E-state index contributed by atoms with van der Waals surface area (Å²) in [7, 11) is -3.64. The van der Waals surface area contributed by atoms with Crippen LogP contribution in [0.1, 0.15) is 12.5 Å². The van der Waals surface area contributed by atoms with Gasteiger partial charge in [0.2, 0.25) is 0 Å². The summed E-state index contributed by atoms with van der Waals surface area (Å²) in [4.78, 5) is 14.7. The Labute approximate surface area is 123 Å². The number of allylic oxidation sites excluding steroid dienone is 1. The molecule has 0 aliphatic rings. The van der Waals surface area contributed by atoms with Gasteiger partial charge in [0, 0.05) is 18.1 Å². The third kappa shape index (κ3) is 4.25. The Morgan fingerprint density at radius 3 is 2.48 bits per heavy atom. The van der Waals surface area contributed by atoms with Crippen LogP contribution in [0, 0.1) is 0 Å². The van der Waals surface area contributed by atoms with E-state index in [1.54, 1.807) is 36.4 Å². The summed E-state index contributed by atoms with van der Waals surface area (Å²) in [5, 5.41) is 0. The Bertz CT molecular complexity index is 751. The predicted molar refractivity (Wildman–Crippen MR) is 81.2 cm³/mol. The zero-order valence-corrected chi connectivity index (χ0v) is 12.2. The van der Waals surface area contributed by atoms with Gasteiger partial charge >= 0.3 is 0 Å². The first-order valence-electron chi connectivity index (χ1n) is 6.19. The first-order chi connectivity index (χ1) is 9.97. The summed E-state index contributed by atoms with van der Waals surface area (Å²) in [5.74, 6) is -0.0450. The van der Waals surface area contributed by atoms with Crippen molar-refractivity contribution in [3.63, 3.8) is 0 Å². The van der Waals surface area contributed by atoms with Crippen LogP contribution in [0.4, 0.5) is 5.69 Å². The molecule has 21 heavy (non-hydrogen) atoms. The molecule has 6 heteroatoms. The van der Waals surface area contributed by atoms with Gasteiger partial charge in [-0.1, -0.05) is 18.2 Å². The third-order valence-corrected chi connectivity index (χ3v) is 3.98. The molecule has 108 valence electrons. The minimum absolute atomic E-state index is 0.0450. The van der Waals surface area contributed by atoms with Crippen molar-refractivity contribution < 1.29 is 13.2 Å². The number of nitrogens with one attached hydrogen (secondary N) is 1. The lowest BCUT2D eigenvalue weighted by atomic mass is 10.2. The van der Waals surface area contributed by atoms with Gasteiger partial charge in [-0.25, -0.2) is 8.42 Å². The maximum atomic E-state index is 12.1. The fourth-order valence-corrected chi connectivity index (χ4v) is 2.62. The highest BCUT2D eigenvalue weighted by Crippen LogP contribution is 2.16. The predicted octanol–water partition coefficient (Wildman–Crippen LogP) is 2.48. The highest BCUT2D eigenvalue weighted by atomic mass is 32.2. The first kappa shape index (κ1) is 14.9. The molecule has 0 amide bonds.